The number of carbonyl (C=O) groups is 1. The lowest BCUT2D eigenvalue weighted by molar-refractivity contribution is -0.162. The first-order valence-electron chi connectivity index (χ1n) is 10.1. The zero-order valence-corrected chi connectivity index (χ0v) is 16.5. The molecule has 1 N–H and O–H groups in total. The van der Waals surface area contributed by atoms with Crippen molar-refractivity contribution in [2.24, 2.45) is 0 Å². The molecular weight excluding hydrogens is 328 g/mol. The third-order valence-corrected chi connectivity index (χ3v) is 4.75. The van der Waals surface area contributed by atoms with E-state index in [9.17, 15) is 9.90 Å². The number of carboxylic acid groups (broad SMARTS) is 1. The van der Waals surface area contributed by atoms with Gasteiger partial charge in [-0.3, -0.25) is 0 Å². The number of ether oxygens (including phenoxy) is 2. The first kappa shape index (κ1) is 22.7. The molecule has 2 unspecified atom stereocenters. The molecule has 0 aromatic heterocycles. The second-order valence-electron chi connectivity index (χ2n) is 6.95. The molecule has 0 saturated heterocycles. The van der Waals surface area contributed by atoms with Crippen molar-refractivity contribution in [1.29, 1.82) is 0 Å². The summed E-state index contributed by atoms with van der Waals surface area (Å²) in [4.78, 5) is 11.6. The Morgan fingerprint density at radius 2 is 1.54 bits per heavy atom. The van der Waals surface area contributed by atoms with Gasteiger partial charge in [0.1, 0.15) is 0 Å². The number of benzene rings is 1. The van der Waals surface area contributed by atoms with Crippen LogP contribution in [0.1, 0.15) is 76.7 Å². The second-order valence-corrected chi connectivity index (χ2v) is 6.95. The molecule has 1 aromatic rings. The average Bonchev–Trinajstić information content (AvgIpc) is 2.65. The van der Waals surface area contributed by atoms with Crippen molar-refractivity contribution in [2.45, 2.75) is 89.9 Å². The van der Waals surface area contributed by atoms with E-state index in [1.54, 1.807) is 7.11 Å². The van der Waals surface area contributed by atoms with Gasteiger partial charge >= 0.3 is 5.97 Å². The highest BCUT2D eigenvalue weighted by Gasteiger charge is 2.28. The summed E-state index contributed by atoms with van der Waals surface area (Å²) < 4.78 is 11.1. The minimum Gasteiger partial charge on any atom is -0.479 e. The Balaban J connectivity index is 2.26. The fourth-order valence-electron chi connectivity index (χ4n) is 3.15. The first-order valence-corrected chi connectivity index (χ1v) is 10.1. The van der Waals surface area contributed by atoms with Crippen molar-refractivity contribution in [1.82, 2.24) is 0 Å². The highest BCUT2D eigenvalue weighted by Crippen LogP contribution is 2.17. The zero-order chi connectivity index (χ0) is 19.0. The highest BCUT2D eigenvalue weighted by atomic mass is 16.6. The van der Waals surface area contributed by atoms with Crippen molar-refractivity contribution >= 4 is 5.97 Å². The Labute approximate surface area is 158 Å². The molecule has 148 valence electrons. The van der Waals surface area contributed by atoms with Crippen molar-refractivity contribution in [3.05, 3.63) is 35.9 Å². The van der Waals surface area contributed by atoms with Crippen LogP contribution < -0.4 is 0 Å². The predicted molar refractivity (Wildman–Crippen MR) is 105 cm³/mol. The molecule has 1 aromatic carbocycles. The van der Waals surface area contributed by atoms with E-state index in [-0.39, 0.29) is 6.61 Å². The molecule has 2 atom stereocenters. The Kier molecular flexibility index (Phi) is 12.8. The minimum atomic E-state index is -0.955. The van der Waals surface area contributed by atoms with Gasteiger partial charge in [-0.25, -0.2) is 4.79 Å². The van der Waals surface area contributed by atoms with Gasteiger partial charge in [0.05, 0.1) is 12.7 Å². The maximum absolute atomic E-state index is 11.6. The molecule has 0 aliphatic carbocycles. The van der Waals surface area contributed by atoms with Crippen molar-refractivity contribution in [3.8, 4) is 0 Å². The molecule has 0 radical (unpaired) electrons. The summed E-state index contributed by atoms with van der Waals surface area (Å²) in [5.74, 6) is -0.955. The number of unbranched alkanes of at least 4 members (excludes halogenated alkanes) is 8. The number of carboxylic acids is 1. The zero-order valence-electron chi connectivity index (χ0n) is 16.5. The standard InChI is InChI=1S/C22H36O4/c1-3-4-5-6-7-8-9-10-14-17-20(25-2)21(22(23)24)26-18-19-15-12-11-13-16-19/h11-13,15-16,20-21H,3-10,14,17-18H2,1-2H3,(H,23,24). The number of rotatable bonds is 16. The number of hydrogen-bond donors (Lipinski definition) is 1. The maximum atomic E-state index is 11.6. The molecule has 0 aliphatic heterocycles. The topological polar surface area (TPSA) is 55.8 Å². The van der Waals surface area contributed by atoms with Gasteiger partial charge in [-0.15, -0.1) is 0 Å². The van der Waals surface area contributed by atoms with Crippen LogP contribution in [0.3, 0.4) is 0 Å². The van der Waals surface area contributed by atoms with Crippen LogP contribution in [0, 0.1) is 0 Å². The van der Waals surface area contributed by atoms with Gasteiger partial charge in [-0.1, -0.05) is 95.0 Å². The van der Waals surface area contributed by atoms with Crippen molar-refractivity contribution < 1.29 is 19.4 Å². The van der Waals surface area contributed by atoms with E-state index in [1.165, 1.54) is 44.9 Å². The largest absolute Gasteiger partial charge is 0.479 e. The fourth-order valence-corrected chi connectivity index (χ4v) is 3.15. The third kappa shape index (κ3) is 9.93. The molecule has 0 saturated carbocycles. The van der Waals surface area contributed by atoms with Gasteiger partial charge in [-0.05, 0) is 12.0 Å². The molecule has 0 bridgehead atoms. The smallest absolute Gasteiger partial charge is 0.335 e. The monoisotopic (exact) mass is 364 g/mol. The van der Waals surface area contributed by atoms with E-state index < -0.39 is 18.2 Å². The molecule has 4 nitrogen and oxygen atoms in total. The summed E-state index contributed by atoms with van der Waals surface area (Å²) in [6, 6.07) is 9.64. The SMILES string of the molecule is CCCCCCCCCCCC(OC)C(OCc1ccccc1)C(=O)O. The van der Waals surface area contributed by atoms with E-state index in [0.29, 0.717) is 0 Å². The fraction of sp³-hybridized carbons (Fsp3) is 0.682. The summed E-state index contributed by atoms with van der Waals surface area (Å²) in [5, 5.41) is 9.49. The number of aliphatic carboxylic acids is 1. The van der Waals surface area contributed by atoms with Crippen LogP contribution in [0.25, 0.3) is 0 Å². The lowest BCUT2D eigenvalue weighted by atomic mass is 10.0. The number of hydrogen-bond acceptors (Lipinski definition) is 3. The van der Waals surface area contributed by atoms with E-state index in [4.69, 9.17) is 9.47 Å². The first-order chi connectivity index (χ1) is 12.7. The van der Waals surface area contributed by atoms with Crippen LogP contribution in [-0.4, -0.2) is 30.4 Å². The van der Waals surface area contributed by atoms with Gasteiger partial charge in [0, 0.05) is 7.11 Å². The van der Waals surface area contributed by atoms with Crippen LogP contribution in [0.5, 0.6) is 0 Å². The molecule has 0 aliphatic rings. The maximum Gasteiger partial charge on any atom is 0.335 e. The summed E-state index contributed by atoms with van der Waals surface area (Å²) in [6.07, 6.45) is 10.6. The van der Waals surface area contributed by atoms with Gasteiger partial charge in [0.15, 0.2) is 6.10 Å². The molecule has 0 heterocycles. The summed E-state index contributed by atoms with van der Waals surface area (Å²) in [7, 11) is 1.57. The summed E-state index contributed by atoms with van der Waals surface area (Å²) in [5.41, 5.74) is 0.969. The van der Waals surface area contributed by atoms with Gasteiger partial charge in [0.2, 0.25) is 0 Å². The van der Waals surface area contributed by atoms with Gasteiger partial charge in [-0.2, -0.15) is 0 Å². The van der Waals surface area contributed by atoms with Gasteiger partial charge in [0.25, 0.3) is 0 Å². The molecule has 0 amide bonds. The van der Waals surface area contributed by atoms with E-state index >= 15 is 0 Å². The highest BCUT2D eigenvalue weighted by molar-refractivity contribution is 5.73. The van der Waals surface area contributed by atoms with E-state index in [0.717, 1.165) is 24.8 Å². The lowest BCUT2D eigenvalue weighted by Crippen LogP contribution is -2.37. The molecule has 26 heavy (non-hydrogen) atoms. The third-order valence-electron chi connectivity index (χ3n) is 4.75. The van der Waals surface area contributed by atoms with Crippen LogP contribution in [-0.2, 0) is 20.9 Å². The van der Waals surface area contributed by atoms with Crippen LogP contribution in [0.15, 0.2) is 30.3 Å². The van der Waals surface area contributed by atoms with E-state index in [2.05, 4.69) is 6.92 Å². The summed E-state index contributed by atoms with van der Waals surface area (Å²) in [6.45, 7) is 2.52. The molecule has 1 rings (SSSR count). The number of methoxy groups -OCH3 is 1. The lowest BCUT2D eigenvalue weighted by Gasteiger charge is -2.23. The van der Waals surface area contributed by atoms with Crippen molar-refractivity contribution in [3.63, 3.8) is 0 Å². The normalized spacial score (nSPS) is 13.5. The van der Waals surface area contributed by atoms with Crippen LogP contribution in [0.2, 0.25) is 0 Å². The molecule has 0 spiro atoms. The Morgan fingerprint density at radius 3 is 2.08 bits per heavy atom. The van der Waals surface area contributed by atoms with Crippen molar-refractivity contribution in [2.75, 3.05) is 7.11 Å². The minimum absolute atomic E-state index is 0.287. The Hall–Kier alpha value is -1.39. The van der Waals surface area contributed by atoms with Crippen LogP contribution >= 0.6 is 0 Å². The van der Waals surface area contributed by atoms with Crippen LogP contribution in [0.4, 0.5) is 0 Å². The molecule has 0 fully saturated rings. The molecular formula is C22H36O4. The average molecular weight is 365 g/mol. The van der Waals surface area contributed by atoms with Gasteiger partial charge < -0.3 is 14.6 Å². The Morgan fingerprint density at radius 1 is 0.962 bits per heavy atom. The van der Waals surface area contributed by atoms with E-state index in [1.807, 2.05) is 30.3 Å². The molecule has 4 heteroatoms. The predicted octanol–water partition coefficient (Wildman–Crippen LogP) is 5.59. The summed E-state index contributed by atoms with van der Waals surface area (Å²) >= 11 is 0. The second kappa shape index (κ2) is 14.7. The Bertz CT molecular complexity index is 460. The quantitative estimate of drug-likeness (QED) is 0.388.